The quantitative estimate of drug-likeness (QED) is 0.237. The molecule has 2 heterocycles. The number of fused-ring (bicyclic) bond motifs is 2. The normalized spacial score (nSPS) is 15.8. The smallest absolute Gasteiger partial charge is 0.138 e. The third-order valence-electron chi connectivity index (χ3n) is 6.77. The first kappa shape index (κ1) is 25.5. The molecule has 4 aromatic rings. The van der Waals surface area contributed by atoms with Crippen molar-refractivity contribution in [3.63, 3.8) is 0 Å². The fourth-order valence-electron chi connectivity index (χ4n) is 4.63. The Bertz CT molecular complexity index is 1630. The Labute approximate surface area is 225 Å². The van der Waals surface area contributed by atoms with Gasteiger partial charge in [-0.05, 0) is 55.2 Å². The average Bonchev–Trinajstić information content (AvgIpc) is 3.46. The van der Waals surface area contributed by atoms with Gasteiger partial charge in [-0.2, -0.15) is 0 Å². The zero-order valence-corrected chi connectivity index (χ0v) is 22.8. The van der Waals surface area contributed by atoms with E-state index in [-0.39, 0.29) is 5.41 Å². The highest BCUT2D eigenvalue weighted by Gasteiger charge is 2.13. The van der Waals surface area contributed by atoms with Crippen LogP contribution in [0.2, 0.25) is 0 Å². The highest BCUT2D eigenvalue weighted by molar-refractivity contribution is 5.83. The summed E-state index contributed by atoms with van der Waals surface area (Å²) in [6.07, 6.45) is 24.3. The van der Waals surface area contributed by atoms with E-state index in [1.54, 1.807) is 0 Å². The lowest BCUT2D eigenvalue weighted by molar-refractivity contribution is 0.627. The van der Waals surface area contributed by atoms with Crippen LogP contribution in [0.5, 0.6) is 0 Å². The van der Waals surface area contributed by atoms with E-state index in [0.717, 1.165) is 64.1 Å². The number of aromatic nitrogens is 4. The Balaban J connectivity index is 1.38. The second-order valence-corrected chi connectivity index (χ2v) is 10.5. The van der Waals surface area contributed by atoms with Crippen LogP contribution in [-0.4, -0.2) is 19.9 Å². The molecule has 1 aliphatic rings. The van der Waals surface area contributed by atoms with Crippen LogP contribution in [0.3, 0.4) is 0 Å². The molecule has 38 heavy (non-hydrogen) atoms. The monoisotopic (exact) mass is 500 g/mol. The van der Waals surface area contributed by atoms with Gasteiger partial charge in [0.15, 0.2) is 0 Å². The van der Waals surface area contributed by atoms with E-state index in [1.807, 2.05) is 19.1 Å². The fraction of sp³-hybridized carbons (Fsp3) is 0.235. The minimum absolute atomic E-state index is 0.0460. The van der Waals surface area contributed by atoms with E-state index in [9.17, 15) is 0 Å². The van der Waals surface area contributed by atoms with Crippen molar-refractivity contribution in [3.8, 4) is 0 Å². The molecule has 0 unspecified atom stereocenters. The lowest BCUT2D eigenvalue weighted by Crippen LogP contribution is -2.00. The summed E-state index contributed by atoms with van der Waals surface area (Å²) in [5, 5.41) is 0. The van der Waals surface area contributed by atoms with Gasteiger partial charge in [-0.1, -0.05) is 100 Å². The van der Waals surface area contributed by atoms with Crippen LogP contribution >= 0.6 is 0 Å². The molecule has 0 radical (unpaired) electrons. The van der Waals surface area contributed by atoms with Crippen LogP contribution in [0.1, 0.15) is 63.3 Å². The first-order valence-corrected chi connectivity index (χ1v) is 13.5. The van der Waals surface area contributed by atoms with Crippen molar-refractivity contribution in [3.05, 3.63) is 120 Å². The first-order valence-electron chi connectivity index (χ1n) is 13.5. The molecule has 0 aliphatic heterocycles. The number of rotatable bonds is 8. The van der Waals surface area contributed by atoms with E-state index in [2.05, 4.69) is 116 Å². The number of allylic oxidation sites excluding steroid dienone is 12. The summed E-state index contributed by atoms with van der Waals surface area (Å²) in [5.41, 5.74) is 8.85. The molecule has 0 spiro atoms. The average molecular weight is 501 g/mol. The number of hydrogen-bond donors (Lipinski definition) is 2. The molecular weight excluding hydrogens is 464 g/mol. The third-order valence-corrected chi connectivity index (χ3v) is 6.77. The van der Waals surface area contributed by atoms with Gasteiger partial charge in [-0.25, -0.2) is 9.97 Å². The lowest BCUT2D eigenvalue weighted by Gasteiger charge is -2.12. The Morgan fingerprint density at radius 2 is 1.66 bits per heavy atom. The van der Waals surface area contributed by atoms with Gasteiger partial charge in [-0.3, -0.25) is 0 Å². The van der Waals surface area contributed by atoms with Crippen LogP contribution in [0.15, 0.2) is 97.2 Å². The van der Waals surface area contributed by atoms with Gasteiger partial charge in [-0.15, -0.1) is 0 Å². The number of nitrogens with one attached hydrogen (secondary N) is 2. The molecule has 2 N–H and O–H groups in total. The molecule has 0 saturated heterocycles. The minimum Gasteiger partial charge on any atom is -0.338 e. The van der Waals surface area contributed by atoms with E-state index < -0.39 is 0 Å². The molecule has 192 valence electrons. The van der Waals surface area contributed by atoms with Crippen LogP contribution in [0.4, 0.5) is 0 Å². The molecular formula is C34H36N4. The molecule has 0 saturated carbocycles. The summed E-state index contributed by atoms with van der Waals surface area (Å²) in [7, 11) is 0. The number of unbranched alkanes of at least 4 members (excludes halogenated alkanes) is 1. The van der Waals surface area contributed by atoms with E-state index in [0.29, 0.717) is 0 Å². The van der Waals surface area contributed by atoms with Gasteiger partial charge < -0.3 is 9.97 Å². The van der Waals surface area contributed by atoms with Crippen molar-refractivity contribution >= 4 is 33.2 Å². The van der Waals surface area contributed by atoms with Crippen molar-refractivity contribution in [2.75, 3.05) is 0 Å². The Morgan fingerprint density at radius 3 is 2.39 bits per heavy atom. The van der Waals surface area contributed by atoms with E-state index >= 15 is 0 Å². The van der Waals surface area contributed by atoms with Crippen LogP contribution in [-0.2, 0) is 6.42 Å². The van der Waals surface area contributed by atoms with Crippen LogP contribution in [0.25, 0.3) is 33.2 Å². The van der Waals surface area contributed by atoms with Crippen LogP contribution in [0, 0.1) is 5.41 Å². The van der Waals surface area contributed by atoms with Gasteiger partial charge in [0.05, 0.1) is 22.1 Å². The van der Waals surface area contributed by atoms with Crippen molar-refractivity contribution in [1.82, 2.24) is 19.9 Å². The maximum atomic E-state index is 4.87. The van der Waals surface area contributed by atoms with Crippen molar-refractivity contribution < 1.29 is 0 Å². The number of aromatic amines is 2. The zero-order chi connectivity index (χ0) is 26.5. The number of nitrogens with zero attached hydrogens (tertiary/aromatic N) is 2. The first-order chi connectivity index (χ1) is 18.4. The summed E-state index contributed by atoms with van der Waals surface area (Å²) < 4.78 is 0. The van der Waals surface area contributed by atoms with Crippen molar-refractivity contribution in [2.24, 2.45) is 5.41 Å². The van der Waals surface area contributed by atoms with Gasteiger partial charge in [0.2, 0.25) is 0 Å². The van der Waals surface area contributed by atoms with Crippen LogP contribution < -0.4 is 0 Å². The summed E-state index contributed by atoms with van der Waals surface area (Å²) in [4.78, 5) is 16.8. The molecule has 4 nitrogen and oxygen atoms in total. The molecule has 0 amide bonds. The second kappa shape index (κ2) is 11.1. The number of H-pyrrole nitrogens is 2. The number of hydrogen-bond acceptors (Lipinski definition) is 2. The predicted octanol–water partition coefficient (Wildman–Crippen LogP) is 8.88. The standard InChI is InChI=1S/C34H36N4/c1-5-7-9-12-26(11-8-6-2)32-35-28-16-14-24(22-30(28)37-32)21-25-15-17-29-31(23-25)38-33(36-29)27-13-10-19-34(3,4)20-18-27/h5,7,9-20,22-23H,6,8,21H2,1-4H3,(H,35,37)(H,36,38)/b7-5-,12-9-,26-11+. The summed E-state index contributed by atoms with van der Waals surface area (Å²) >= 11 is 0. The van der Waals surface area contributed by atoms with E-state index in [4.69, 9.17) is 9.97 Å². The second-order valence-electron chi connectivity index (χ2n) is 10.5. The molecule has 2 aromatic carbocycles. The SMILES string of the molecule is C\C=C/C=C\C(=C/CCC)c1nc2ccc(Cc3ccc4nc(C5=CC=CC(C)(C)C=C5)[nH]c4c3)cc2[nH]1. The largest absolute Gasteiger partial charge is 0.338 e. The maximum absolute atomic E-state index is 4.87. The third kappa shape index (κ3) is 5.86. The number of imidazole rings is 2. The predicted molar refractivity (Wildman–Crippen MR) is 162 cm³/mol. The molecule has 2 aromatic heterocycles. The minimum atomic E-state index is 0.0460. The van der Waals surface area contributed by atoms with Gasteiger partial charge in [0.1, 0.15) is 11.6 Å². The highest BCUT2D eigenvalue weighted by atomic mass is 14.9. The Hall–Kier alpha value is -4.18. The molecule has 1 aliphatic carbocycles. The molecule has 0 bridgehead atoms. The number of benzene rings is 2. The Kier molecular flexibility index (Phi) is 7.41. The highest BCUT2D eigenvalue weighted by Crippen LogP contribution is 2.27. The zero-order valence-electron chi connectivity index (χ0n) is 22.8. The maximum Gasteiger partial charge on any atom is 0.138 e. The molecule has 4 heteroatoms. The summed E-state index contributed by atoms with van der Waals surface area (Å²) in [6.45, 7) is 8.62. The van der Waals surface area contributed by atoms with Gasteiger partial charge >= 0.3 is 0 Å². The summed E-state index contributed by atoms with van der Waals surface area (Å²) in [5.74, 6) is 1.82. The molecule has 0 atom stereocenters. The van der Waals surface area contributed by atoms with Crippen molar-refractivity contribution in [2.45, 2.75) is 47.0 Å². The van der Waals surface area contributed by atoms with Crippen molar-refractivity contribution in [1.29, 1.82) is 0 Å². The fourth-order valence-corrected chi connectivity index (χ4v) is 4.63. The summed E-state index contributed by atoms with van der Waals surface area (Å²) in [6, 6.07) is 13.0. The molecule has 0 fully saturated rings. The molecule has 5 rings (SSSR count). The van der Waals surface area contributed by atoms with Gasteiger partial charge in [0, 0.05) is 16.6 Å². The van der Waals surface area contributed by atoms with Gasteiger partial charge in [0.25, 0.3) is 0 Å². The lowest BCUT2D eigenvalue weighted by atomic mass is 9.93. The topological polar surface area (TPSA) is 57.4 Å². The Morgan fingerprint density at radius 1 is 0.921 bits per heavy atom. The van der Waals surface area contributed by atoms with E-state index in [1.165, 1.54) is 11.1 Å².